The molecule has 0 saturated carbocycles. The van der Waals surface area contributed by atoms with Crippen LogP contribution >= 0.6 is 0 Å². The van der Waals surface area contributed by atoms with E-state index in [2.05, 4.69) is 10.3 Å². The van der Waals surface area contributed by atoms with Crippen LogP contribution in [-0.4, -0.2) is 15.5 Å². The number of benzene rings is 2. The third-order valence-electron chi connectivity index (χ3n) is 4.14. The van der Waals surface area contributed by atoms with Crippen molar-refractivity contribution >= 4 is 11.6 Å². The number of nitrogens with one attached hydrogen (secondary N) is 1. The van der Waals surface area contributed by atoms with E-state index in [0.29, 0.717) is 22.8 Å². The second kappa shape index (κ2) is 7.86. The van der Waals surface area contributed by atoms with Crippen LogP contribution in [0.2, 0.25) is 0 Å². The van der Waals surface area contributed by atoms with Crippen molar-refractivity contribution in [1.29, 1.82) is 0 Å². The van der Waals surface area contributed by atoms with Gasteiger partial charge in [0.05, 0.1) is 0 Å². The predicted octanol–water partition coefficient (Wildman–Crippen LogP) is 3.85. The lowest BCUT2D eigenvalue weighted by atomic mass is 10.2. The molecule has 6 nitrogen and oxygen atoms in total. The van der Waals surface area contributed by atoms with Crippen LogP contribution in [0.3, 0.4) is 0 Å². The molecule has 1 aromatic heterocycles. The van der Waals surface area contributed by atoms with Crippen molar-refractivity contribution in [2.45, 2.75) is 26.8 Å². The highest BCUT2D eigenvalue weighted by Crippen LogP contribution is 2.23. The van der Waals surface area contributed by atoms with Gasteiger partial charge in [0.1, 0.15) is 17.5 Å². The molecule has 0 spiro atoms. The number of amides is 1. The average Bonchev–Trinajstić information content (AvgIpc) is 2.63. The fourth-order valence-electron chi connectivity index (χ4n) is 2.83. The van der Waals surface area contributed by atoms with Crippen molar-refractivity contribution in [3.8, 4) is 11.5 Å². The van der Waals surface area contributed by atoms with Crippen LogP contribution in [0, 0.1) is 13.8 Å². The van der Waals surface area contributed by atoms with Gasteiger partial charge in [-0.1, -0.05) is 18.2 Å². The van der Waals surface area contributed by atoms with Gasteiger partial charge < -0.3 is 10.1 Å². The van der Waals surface area contributed by atoms with Crippen molar-refractivity contribution in [3.05, 3.63) is 82.5 Å². The fraction of sp³-hybridized carbons (Fsp3) is 0.190. The van der Waals surface area contributed by atoms with Gasteiger partial charge in [0.2, 0.25) is 5.91 Å². The van der Waals surface area contributed by atoms with E-state index in [9.17, 15) is 9.59 Å². The standard InChI is InChI=1S/C21H21N3O3/c1-14-13-15(2)24(21(26)22-14)16(3)20(25)23-17-9-11-19(12-10-17)27-18-7-5-4-6-8-18/h4-13,16H,1-3H3,(H,23,25)/t16-/m1/s1. The quantitative estimate of drug-likeness (QED) is 0.747. The normalized spacial score (nSPS) is 11.7. The van der Waals surface area contributed by atoms with E-state index in [0.717, 1.165) is 5.75 Å². The summed E-state index contributed by atoms with van der Waals surface area (Å²) in [5, 5.41) is 2.82. The van der Waals surface area contributed by atoms with Gasteiger partial charge >= 0.3 is 5.69 Å². The number of rotatable bonds is 5. The number of aromatic nitrogens is 2. The number of nitrogens with zero attached hydrogens (tertiary/aromatic N) is 2. The number of ether oxygens (including phenoxy) is 1. The van der Waals surface area contributed by atoms with Crippen LogP contribution in [0.4, 0.5) is 5.69 Å². The molecule has 1 N–H and O–H groups in total. The molecule has 3 rings (SSSR count). The molecule has 3 aromatic rings. The van der Waals surface area contributed by atoms with Gasteiger partial charge in [-0.2, -0.15) is 4.98 Å². The minimum Gasteiger partial charge on any atom is -0.457 e. The first-order valence-corrected chi connectivity index (χ1v) is 8.64. The second-order valence-corrected chi connectivity index (χ2v) is 6.30. The predicted molar refractivity (Wildman–Crippen MR) is 104 cm³/mol. The van der Waals surface area contributed by atoms with E-state index >= 15 is 0 Å². The molecule has 138 valence electrons. The Balaban J connectivity index is 1.70. The van der Waals surface area contributed by atoms with Gasteiger partial charge in [-0.3, -0.25) is 9.36 Å². The minimum absolute atomic E-state index is 0.289. The molecule has 1 atom stereocenters. The summed E-state index contributed by atoms with van der Waals surface area (Å²) in [7, 11) is 0. The third-order valence-corrected chi connectivity index (χ3v) is 4.14. The molecular formula is C21H21N3O3. The third kappa shape index (κ3) is 4.41. The first-order valence-electron chi connectivity index (χ1n) is 8.64. The molecule has 0 saturated heterocycles. The number of carbonyl (C=O) groups excluding carboxylic acids is 1. The lowest BCUT2D eigenvalue weighted by molar-refractivity contribution is -0.118. The van der Waals surface area contributed by atoms with Crippen molar-refractivity contribution in [1.82, 2.24) is 9.55 Å². The first kappa shape index (κ1) is 18.4. The molecule has 27 heavy (non-hydrogen) atoms. The Labute approximate surface area is 157 Å². The zero-order valence-corrected chi connectivity index (χ0v) is 15.5. The molecule has 0 radical (unpaired) electrons. The zero-order valence-electron chi connectivity index (χ0n) is 15.5. The number of hydrogen-bond acceptors (Lipinski definition) is 4. The summed E-state index contributed by atoms with van der Waals surface area (Å²) >= 11 is 0. The molecule has 0 aliphatic carbocycles. The summed E-state index contributed by atoms with van der Waals surface area (Å²) in [6, 6.07) is 17.6. The Morgan fingerprint density at radius 3 is 2.30 bits per heavy atom. The molecule has 0 aliphatic rings. The molecular weight excluding hydrogens is 342 g/mol. The summed E-state index contributed by atoms with van der Waals surface area (Å²) in [6.45, 7) is 5.21. The SMILES string of the molecule is Cc1cc(C)n([C@H](C)C(=O)Nc2ccc(Oc3ccccc3)cc2)c(=O)n1. The summed E-state index contributed by atoms with van der Waals surface area (Å²) in [4.78, 5) is 28.6. The highest BCUT2D eigenvalue weighted by atomic mass is 16.5. The molecule has 0 fully saturated rings. The van der Waals surface area contributed by atoms with E-state index in [4.69, 9.17) is 4.74 Å². The number of anilines is 1. The number of carbonyl (C=O) groups is 1. The van der Waals surface area contributed by atoms with Crippen LogP contribution in [0.1, 0.15) is 24.4 Å². The van der Waals surface area contributed by atoms with E-state index < -0.39 is 11.7 Å². The van der Waals surface area contributed by atoms with Gasteiger partial charge in [-0.05, 0) is 63.2 Å². The van der Waals surface area contributed by atoms with E-state index in [1.54, 1.807) is 51.1 Å². The molecule has 0 aliphatic heterocycles. The summed E-state index contributed by atoms with van der Waals surface area (Å²) in [5.41, 5.74) is 1.52. The molecule has 6 heteroatoms. The van der Waals surface area contributed by atoms with Crippen molar-refractivity contribution in [2.75, 3.05) is 5.32 Å². The Morgan fingerprint density at radius 1 is 1.04 bits per heavy atom. The maximum Gasteiger partial charge on any atom is 0.348 e. The zero-order chi connectivity index (χ0) is 19.4. The average molecular weight is 363 g/mol. The fourth-order valence-corrected chi connectivity index (χ4v) is 2.83. The number of para-hydroxylation sites is 1. The van der Waals surface area contributed by atoms with Gasteiger partial charge in [0.25, 0.3) is 0 Å². The smallest absolute Gasteiger partial charge is 0.348 e. The summed E-state index contributed by atoms with van der Waals surface area (Å²) < 4.78 is 7.12. The van der Waals surface area contributed by atoms with Crippen LogP contribution in [0.25, 0.3) is 0 Å². The van der Waals surface area contributed by atoms with Crippen LogP contribution < -0.4 is 15.7 Å². The van der Waals surface area contributed by atoms with Gasteiger partial charge in [-0.15, -0.1) is 0 Å². The number of aryl methyl sites for hydroxylation is 2. The highest BCUT2D eigenvalue weighted by Gasteiger charge is 2.18. The van der Waals surface area contributed by atoms with Gasteiger partial charge in [0, 0.05) is 17.1 Å². The van der Waals surface area contributed by atoms with Gasteiger partial charge in [-0.25, -0.2) is 4.79 Å². The molecule has 0 bridgehead atoms. The van der Waals surface area contributed by atoms with E-state index in [1.807, 2.05) is 30.3 Å². The Kier molecular flexibility index (Phi) is 5.35. The van der Waals surface area contributed by atoms with Crippen molar-refractivity contribution < 1.29 is 9.53 Å². The maximum atomic E-state index is 12.5. The van der Waals surface area contributed by atoms with E-state index in [-0.39, 0.29) is 5.91 Å². The number of hydrogen-bond donors (Lipinski definition) is 1. The van der Waals surface area contributed by atoms with Gasteiger partial charge in [0.15, 0.2) is 0 Å². The van der Waals surface area contributed by atoms with Crippen LogP contribution in [-0.2, 0) is 4.79 Å². The Morgan fingerprint density at radius 2 is 1.67 bits per heavy atom. The monoisotopic (exact) mass is 363 g/mol. The molecule has 1 amide bonds. The van der Waals surface area contributed by atoms with Crippen LogP contribution in [0.15, 0.2) is 65.5 Å². The van der Waals surface area contributed by atoms with Crippen LogP contribution in [0.5, 0.6) is 11.5 Å². The van der Waals surface area contributed by atoms with E-state index in [1.165, 1.54) is 4.57 Å². The summed E-state index contributed by atoms with van der Waals surface area (Å²) in [5.74, 6) is 1.12. The highest BCUT2D eigenvalue weighted by molar-refractivity contribution is 5.93. The lowest BCUT2D eigenvalue weighted by Gasteiger charge is -2.17. The second-order valence-electron chi connectivity index (χ2n) is 6.30. The maximum absolute atomic E-state index is 12.5. The molecule has 1 heterocycles. The Hall–Kier alpha value is -3.41. The molecule has 0 unspecified atom stereocenters. The first-order chi connectivity index (χ1) is 12.9. The topological polar surface area (TPSA) is 73.2 Å². The summed E-state index contributed by atoms with van der Waals surface area (Å²) in [6.07, 6.45) is 0. The Bertz CT molecular complexity index is 995. The largest absolute Gasteiger partial charge is 0.457 e. The van der Waals surface area contributed by atoms with Crippen molar-refractivity contribution in [3.63, 3.8) is 0 Å². The lowest BCUT2D eigenvalue weighted by Crippen LogP contribution is -2.34. The van der Waals surface area contributed by atoms with Crippen molar-refractivity contribution in [2.24, 2.45) is 0 Å². The molecule has 2 aromatic carbocycles. The minimum atomic E-state index is -0.675.